The highest BCUT2D eigenvalue weighted by Gasteiger charge is 2.33. The number of aryl methyl sites for hydroxylation is 1. The van der Waals surface area contributed by atoms with Crippen molar-refractivity contribution in [3.63, 3.8) is 0 Å². The summed E-state index contributed by atoms with van der Waals surface area (Å²) in [5.74, 6) is -0.125. The molecular formula is C24H25F6N7O2S. The SMILES string of the molecule is Cc1nsc(Nc2cnc(C(F)(F)F)cn2)c1C(=O)Nc1ccc(OCC2CCCN(CCC(F)(F)F)C2)nc1. The molecule has 1 atom stereocenters. The van der Waals surface area contributed by atoms with E-state index in [0.29, 0.717) is 43.2 Å². The smallest absolute Gasteiger partial charge is 0.434 e. The third-order valence-corrected chi connectivity index (χ3v) is 6.90. The molecule has 1 unspecified atom stereocenters. The monoisotopic (exact) mass is 589 g/mol. The molecule has 3 aromatic heterocycles. The molecule has 1 aliphatic heterocycles. The molecule has 216 valence electrons. The molecule has 3 aromatic rings. The van der Waals surface area contributed by atoms with Crippen LogP contribution in [0.3, 0.4) is 0 Å². The van der Waals surface area contributed by atoms with Gasteiger partial charge in [0.25, 0.3) is 5.91 Å². The van der Waals surface area contributed by atoms with E-state index in [0.717, 1.165) is 30.6 Å². The predicted octanol–water partition coefficient (Wildman–Crippen LogP) is 5.69. The summed E-state index contributed by atoms with van der Waals surface area (Å²) in [4.78, 5) is 26.0. The van der Waals surface area contributed by atoms with Crippen LogP contribution >= 0.6 is 11.5 Å². The normalized spacial score (nSPS) is 16.5. The van der Waals surface area contributed by atoms with Crippen LogP contribution in [0.15, 0.2) is 30.7 Å². The summed E-state index contributed by atoms with van der Waals surface area (Å²) in [7, 11) is 0. The van der Waals surface area contributed by atoms with E-state index in [2.05, 4.69) is 30.0 Å². The number of carbonyl (C=O) groups excluding carboxylic acids is 1. The molecular weight excluding hydrogens is 564 g/mol. The van der Waals surface area contributed by atoms with Crippen LogP contribution in [0.2, 0.25) is 0 Å². The van der Waals surface area contributed by atoms with Gasteiger partial charge in [0.1, 0.15) is 10.8 Å². The number of alkyl halides is 6. The summed E-state index contributed by atoms with van der Waals surface area (Å²) in [6.07, 6.45) is -5.10. The Balaban J connectivity index is 1.30. The zero-order valence-electron chi connectivity index (χ0n) is 21.1. The van der Waals surface area contributed by atoms with Gasteiger partial charge in [-0.15, -0.1) is 0 Å². The molecule has 40 heavy (non-hydrogen) atoms. The number of piperidine rings is 1. The topological polar surface area (TPSA) is 105 Å². The van der Waals surface area contributed by atoms with Crippen LogP contribution in [0.25, 0.3) is 0 Å². The number of nitrogens with zero attached hydrogens (tertiary/aromatic N) is 5. The van der Waals surface area contributed by atoms with Gasteiger partial charge in [0.15, 0.2) is 5.69 Å². The molecule has 0 saturated carbocycles. The van der Waals surface area contributed by atoms with Crippen molar-refractivity contribution in [2.24, 2.45) is 5.92 Å². The predicted molar refractivity (Wildman–Crippen MR) is 135 cm³/mol. The fourth-order valence-electron chi connectivity index (χ4n) is 4.09. The van der Waals surface area contributed by atoms with Gasteiger partial charge >= 0.3 is 12.4 Å². The van der Waals surface area contributed by atoms with Crippen molar-refractivity contribution in [1.82, 2.24) is 24.2 Å². The Morgan fingerprint density at radius 2 is 1.93 bits per heavy atom. The van der Waals surface area contributed by atoms with Crippen molar-refractivity contribution in [2.75, 3.05) is 36.9 Å². The summed E-state index contributed by atoms with van der Waals surface area (Å²) in [5, 5.41) is 5.74. The maximum atomic E-state index is 13.0. The molecule has 0 aliphatic carbocycles. The third kappa shape index (κ3) is 8.24. The minimum Gasteiger partial charge on any atom is -0.477 e. The molecule has 16 heteroatoms. The Labute approximate surface area is 229 Å². The number of rotatable bonds is 9. The Hall–Kier alpha value is -3.53. The minimum absolute atomic E-state index is 0.00954. The number of anilines is 3. The summed E-state index contributed by atoms with van der Waals surface area (Å²) in [6.45, 7) is 3.04. The Bertz CT molecular complexity index is 1280. The molecule has 4 rings (SSSR count). The maximum absolute atomic E-state index is 13.0. The lowest BCUT2D eigenvalue weighted by Crippen LogP contribution is -2.39. The van der Waals surface area contributed by atoms with E-state index >= 15 is 0 Å². The summed E-state index contributed by atoms with van der Waals surface area (Å²) >= 11 is 0.940. The first-order valence-electron chi connectivity index (χ1n) is 12.2. The Kier molecular flexibility index (Phi) is 9.08. The summed E-state index contributed by atoms with van der Waals surface area (Å²) < 4.78 is 85.6. The zero-order chi connectivity index (χ0) is 28.9. The van der Waals surface area contributed by atoms with Crippen molar-refractivity contribution in [2.45, 2.75) is 38.5 Å². The van der Waals surface area contributed by atoms with E-state index in [4.69, 9.17) is 4.74 Å². The van der Waals surface area contributed by atoms with E-state index in [1.807, 2.05) is 0 Å². The van der Waals surface area contributed by atoms with Gasteiger partial charge in [-0.1, -0.05) is 0 Å². The highest BCUT2D eigenvalue weighted by molar-refractivity contribution is 7.10. The van der Waals surface area contributed by atoms with Crippen LogP contribution in [0.1, 0.15) is 41.0 Å². The largest absolute Gasteiger partial charge is 0.477 e. The maximum Gasteiger partial charge on any atom is 0.434 e. The molecule has 9 nitrogen and oxygen atoms in total. The molecule has 4 heterocycles. The van der Waals surface area contributed by atoms with E-state index in [9.17, 15) is 31.1 Å². The number of halogens is 6. The lowest BCUT2D eigenvalue weighted by atomic mass is 9.99. The first-order valence-corrected chi connectivity index (χ1v) is 13.0. The molecule has 0 spiro atoms. The average molecular weight is 590 g/mol. The summed E-state index contributed by atoms with van der Waals surface area (Å²) in [6, 6.07) is 3.15. The van der Waals surface area contributed by atoms with E-state index in [1.165, 1.54) is 6.20 Å². The molecule has 1 fully saturated rings. The molecule has 0 radical (unpaired) electrons. The van der Waals surface area contributed by atoms with Gasteiger partial charge in [0, 0.05) is 25.1 Å². The highest BCUT2D eigenvalue weighted by atomic mass is 32.1. The van der Waals surface area contributed by atoms with Crippen LogP contribution in [0.4, 0.5) is 42.8 Å². The van der Waals surface area contributed by atoms with Crippen LogP contribution in [0, 0.1) is 12.8 Å². The summed E-state index contributed by atoms with van der Waals surface area (Å²) in [5.41, 5.74) is -0.203. The minimum atomic E-state index is -4.62. The quantitative estimate of drug-likeness (QED) is 0.307. The second-order valence-corrected chi connectivity index (χ2v) is 9.98. The van der Waals surface area contributed by atoms with E-state index in [-0.39, 0.29) is 28.8 Å². The van der Waals surface area contributed by atoms with E-state index < -0.39 is 30.4 Å². The van der Waals surface area contributed by atoms with Crippen LogP contribution in [-0.2, 0) is 6.18 Å². The van der Waals surface area contributed by atoms with Gasteiger partial charge in [0.05, 0.1) is 48.6 Å². The van der Waals surface area contributed by atoms with Gasteiger partial charge in [-0.2, -0.15) is 30.7 Å². The van der Waals surface area contributed by atoms with Crippen molar-refractivity contribution in [1.29, 1.82) is 0 Å². The number of hydrogen-bond donors (Lipinski definition) is 2. The molecule has 0 aromatic carbocycles. The lowest BCUT2D eigenvalue weighted by Gasteiger charge is -2.32. The average Bonchev–Trinajstić information content (AvgIpc) is 3.26. The Morgan fingerprint density at radius 3 is 2.58 bits per heavy atom. The van der Waals surface area contributed by atoms with Gasteiger partial charge < -0.3 is 20.3 Å². The number of aromatic nitrogens is 4. The number of nitrogens with one attached hydrogen (secondary N) is 2. The molecule has 1 aliphatic rings. The number of amides is 1. The second-order valence-electron chi connectivity index (χ2n) is 9.21. The van der Waals surface area contributed by atoms with Crippen LogP contribution < -0.4 is 15.4 Å². The van der Waals surface area contributed by atoms with Crippen molar-refractivity contribution >= 4 is 33.9 Å². The fourth-order valence-corrected chi connectivity index (χ4v) is 4.89. The molecule has 0 bridgehead atoms. The first kappa shape index (κ1) is 29.5. The highest BCUT2D eigenvalue weighted by Crippen LogP contribution is 2.30. The van der Waals surface area contributed by atoms with Gasteiger partial charge in [-0.05, 0) is 43.9 Å². The number of hydrogen-bond acceptors (Lipinski definition) is 9. The van der Waals surface area contributed by atoms with Crippen LogP contribution in [0.5, 0.6) is 5.88 Å². The lowest BCUT2D eigenvalue weighted by molar-refractivity contribution is -0.141. The standard InChI is InChI=1S/C24H25F6N7O2S/c1-14-20(22(40-36-14)35-18-11-31-17(10-32-18)24(28,29)30)21(38)34-16-4-5-19(33-9-16)39-13-15-3-2-7-37(12-15)8-6-23(25,26)27/h4-5,9-11,15H,2-3,6-8,12-13H2,1H3,(H,32,35)(H,34,38). The fraction of sp³-hybridized carbons (Fsp3) is 0.458. The van der Waals surface area contributed by atoms with Gasteiger partial charge in [0.2, 0.25) is 5.88 Å². The van der Waals surface area contributed by atoms with Gasteiger partial charge in [-0.3, -0.25) is 4.79 Å². The third-order valence-electron chi connectivity index (χ3n) is 6.05. The number of ether oxygens (including phenoxy) is 1. The number of pyridine rings is 1. The van der Waals surface area contributed by atoms with Crippen molar-refractivity contribution < 1.29 is 35.9 Å². The zero-order valence-corrected chi connectivity index (χ0v) is 22.0. The van der Waals surface area contributed by atoms with E-state index in [1.54, 1.807) is 24.0 Å². The number of carbonyl (C=O) groups is 1. The molecule has 1 saturated heterocycles. The van der Waals surface area contributed by atoms with Crippen molar-refractivity contribution in [3.05, 3.63) is 47.7 Å². The van der Waals surface area contributed by atoms with Crippen molar-refractivity contribution in [3.8, 4) is 5.88 Å². The van der Waals surface area contributed by atoms with Gasteiger partial charge in [-0.25, -0.2) is 15.0 Å². The molecule has 2 N–H and O–H groups in total. The van der Waals surface area contributed by atoms with Crippen LogP contribution in [-0.4, -0.2) is 62.6 Å². The second kappa shape index (κ2) is 12.3. The first-order chi connectivity index (χ1) is 18.9. The molecule has 1 amide bonds. The Morgan fingerprint density at radius 1 is 1.12 bits per heavy atom. The number of likely N-dealkylation sites (tertiary alicyclic amines) is 1.